The fourth-order valence-electron chi connectivity index (χ4n) is 2.01. The van der Waals surface area contributed by atoms with Crippen molar-refractivity contribution in [1.29, 1.82) is 0 Å². The maximum absolute atomic E-state index is 6.30. The van der Waals surface area contributed by atoms with Crippen LogP contribution in [0, 0.1) is 0 Å². The molecule has 6 heteroatoms. The Morgan fingerprint density at radius 2 is 2.20 bits per heavy atom. The Morgan fingerprint density at radius 3 is 3.05 bits per heavy atom. The van der Waals surface area contributed by atoms with Gasteiger partial charge >= 0.3 is 0 Å². The number of rotatable bonds is 3. The largest absolute Gasteiger partial charge is 0.489 e. The Balaban J connectivity index is 1.97. The number of thiazole rings is 1. The van der Waals surface area contributed by atoms with Crippen LogP contribution in [-0.2, 0) is 0 Å². The van der Waals surface area contributed by atoms with Crippen molar-refractivity contribution in [3.05, 3.63) is 23.4 Å². The zero-order valence-electron chi connectivity index (χ0n) is 11.1. The minimum Gasteiger partial charge on any atom is -0.489 e. The SMILES string of the molecule is CCNc1ncc(-c2cc(Cl)c3c(c2)OCCCO3)s1. The quantitative estimate of drug-likeness (QED) is 0.928. The van der Waals surface area contributed by atoms with Crippen LogP contribution in [0.15, 0.2) is 18.3 Å². The number of aromatic nitrogens is 1. The second-order valence-corrected chi connectivity index (χ2v) is 5.83. The summed E-state index contributed by atoms with van der Waals surface area (Å²) in [7, 11) is 0. The van der Waals surface area contributed by atoms with Crippen LogP contribution in [0.3, 0.4) is 0 Å². The molecule has 20 heavy (non-hydrogen) atoms. The lowest BCUT2D eigenvalue weighted by atomic mass is 10.2. The fourth-order valence-corrected chi connectivity index (χ4v) is 3.15. The topological polar surface area (TPSA) is 43.4 Å². The van der Waals surface area contributed by atoms with Gasteiger partial charge in [-0.05, 0) is 24.6 Å². The maximum Gasteiger partial charge on any atom is 0.183 e. The van der Waals surface area contributed by atoms with Crippen molar-refractivity contribution in [1.82, 2.24) is 4.98 Å². The molecule has 4 nitrogen and oxygen atoms in total. The summed E-state index contributed by atoms with van der Waals surface area (Å²) in [5.74, 6) is 1.35. The molecule has 2 heterocycles. The van der Waals surface area contributed by atoms with Gasteiger partial charge in [0.2, 0.25) is 0 Å². The van der Waals surface area contributed by atoms with E-state index in [0.29, 0.717) is 29.7 Å². The van der Waals surface area contributed by atoms with Crippen molar-refractivity contribution in [3.8, 4) is 21.9 Å². The highest BCUT2D eigenvalue weighted by Crippen LogP contribution is 2.42. The highest BCUT2D eigenvalue weighted by Gasteiger charge is 2.17. The summed E-state index contributed by atoms with van der Waals surface area (Å²) in [4.78, 5) is 5.39. The van der Waals surface area contributed by atoms with Gasteiger partial charge in [0.25, 0.3) is 0 Å². The Morgan fingerprint density at radius 1 is 1.35 bits per heavy atom. The number of nitrogens with one attached hydrogen (secondary N) is 1. The Bertz CT molecular complexity index is 615. The van der Waals surface area contributed by atoms with E-state index in [2.05, 4.69) is 10.3 Å². The number of nitrogens with zero attached hydrogens (tertiary/aromatic N) is 1. The third-order valence-corrected chi connectivity index (χ3v) is 4.21. The third kappa shape index (κ3) is 2.69. The van der Waals surface area contributed by atoms with Gasteiger partial charge in [0.1, 0.15) is 0 Å². The Hall–Kier alpha value is -1.46. The van der Waals surface area contributed by atoms with E-state index in [9.17, 15) is 0 Å². The van der Waals surface area contributed by atoms with Gasteiger partial charge in [0, 0.05) is 19.2 Å². The molecule has 0 fully saturated rings. The van der Waals surface area contributed by atoms with Crippen LogP contribution >= 0.6 is 22.9 Å². The number of halogens is 1. The molecule has 0 radical (unpaired) electrons. The average Bonchev–Trinajstić information content (AvgIpc) is 2.76. The predicted molar refractivity (Wildman–Crippen MR) is 82.3 cm³/mol. The van der Waals surface area contributed by atoms with Crippen molar-refractivity contribution in [2.75, 3.05) is 25.1 Å². The van der Waals surface area contributed by atoms with Crippen LogP contribution in [-0.4, -0.2) is 24.7 Å². The van der Waals surface area contributed by atoms with E-state index in [1.54, 1.807) is 11.3 Å². The van der Waals surface area contributed by atoms with Crippen LogP contribution in [0.2, 0.25) is 5.02 Å². The molecule has 0 aliphatic carbocycles. The van der Waals surface area contributed by atoms with Gasteiger partial charge in [-0.25, -0.2) is 4.98 Å². The smallest absolute Gasteiger partial charge is 0.183 e. The van der Waals surface area contributed by atoms with Crippen LogP contribution < -0.4 is 14.8 Å². The van der Waals surface area contributed by atoms with Crippen LogP contribution in [0.5, 0.6) is 11.5 Å². The summed E-state index contributed by atoms with van der Waals surface area (Å²) >= 11 is 7.90. The monoisotopic (exact) mass is 310 g/mol. The molecule has 1 N–H and O–H groups in total. The molecule has 0 saturated carbocycles. The molecule has 0 unspecified atom stereocenters. The van der Waals surface area contributed by atoms with Crippen LogP contribution in [0.25, 0.3) is 10.4 Å². The molecule has 3 rings (SSSR count). The summed E-state index contributed by atoms with van der Waals surface area (Å²) in [6, 6.07) is 3.87. The van der Waals surface area contributed by atoms with E-state index in [1.807, 2.05) is 25.3 Å². The minimum absolute atomic E-state index is 0.581. The van der Waals surface area contributed by atoms with E-state index in [4.69, 9.17) is 21.1 Å². The van der Waals surface area contributed by atoms with Gasteiger partial charge in [0.05, 0.1) is 23.1 Å². The van der Waals surface area contributed by atoms with Gasteiger partial charge in [0.15, 0.2) is 16.6 Å². The lowest BCUT2D eigenvalue weighted by Crippen LogP contribution is -1.97. The molecule has 0 atom stereocenters. The normalized spacial score (nSPS) is 13.9. The van der Waals surface area contributed by atoms with Crippen molar-refractivity contribution < 1.29 is 9.47 Å². The Kier molecular flexibility index (Phi) is 3.98. The molecule has 106 valence electrons. The fraction of sp³-hybridized carbons (Fsp3) is 0.357. The highest BCUT2D eigenvalue weighted by atomic mass is 35.5. The number of anilines is 1. The second kappa shape index (κ2) is 5.89. The molecule has 2 aromatic rings. The summed E-state index contributed by atoms with van der Waals surface area (Å²) < 4.78 is 11.3. The lowest BCUT2D eigenvalue weighted by Gasteiger charge is -2.10. The van der Waals surface area contributed by atoms with Crippen molar-refractivity contribution in [2.45, 2.75) is 13.3 Å². The van der Waals surface area contributed by atoms with E-state index in [-0.39, 0.29) is 0 Å². The highest BCUT2D eigenvalue weighted by molar-refractivity contribution is 7.18. The number of hydrogen-bond donors (Lipinski definition) is 1. The zero-order valence-corrected chi connectivity index (χ0v) is 12.7. The summed E-state index contributed by atoms with van der Waals surface area (Å²) in [5.41, 5.74) is 1.00. The summed E-state index contributed by atoms with van der Waals surface area (Å²) in [6.45, 7) is 4.19. The second-order valence-electron chi connectivity index (χ2n) is 4.40. The first-order chi connectivity index (χ1) is 9.78. The van der Waals surface area contributed by atoms with E-state index >= 15 is 0 Å². The average molecular weight is 311 g/mol. The van der Waals surface area contributed by atoms with Gasteiger partial charge < -0.3 is 14.8 Å². The van der Waals surface area contributed by atoms with Gasteiger partial charge in [-0.1, -0.05) is 22.9 Å². The summed E-state index contributed by atoms with van der Waals surface area (Å²) in [6.07, 6.45) is 2.71. The molecular formula is C14H15ClN2O2S. The molecule has 1 aromatic carbocycles. The molecule has 0 saturated heterocycles. The number of ether oxygens (including phenoxy) is 2. The van der Waals surface area contributed by atoms with Gasteiger partial charge in [-0.15, -0.1) is 0 Å². The zero-order chi connectivity index (χ0) is 13.9. The van der Waals surface area contributed by atoms with Gasteiger partial charge in [-0.2, -0.15) is 0 Å². The van der Waals surface area contributed by atoms with E-state index in [1.165, 1.54) is 0 Å². The minimum atomic E-state index is 0.581. The van der Waals surface area contributed by atoms with Crippen LogP contribution in [0.4, 0.5) is 5.13 Å². The standard InChI is InChI=1S/C14H15ClN2O2S/c1-2-16-14-17-8-12(20-14)9-6-10(15)13-11(7-9)18-4-3-5-19-13/h6-8H,2-5H2,1H3,(H,16,17). The Labute approximate surface area is 126 Å². The molecule has 0 bridgehead atoms. The number of benzene rings is 1. The predicted octanol–water partition coefficient (Wildman–Crippen LogP) is 4.06. The van der Waals surface area contributed by atoms with Crippen LogP contribution in [0.1, 0.15) is 13.3 Å². The van der Waals surface area contributed by atoms with Crippen molar-refractivity contribution >= 4 is 28.1 Å². The molecule has 1 aliphatic rings. The number of hydrogen-bond acceptors (Lipinski definition) is 5. The molecule has 1 aromatic heterocycles. The third-order valence-electron chi connectivity index (χ3n) is 2.92. The van der Waals surface area contributed by atoms with Crippen molar-refractivity contribution in [3.63, 3.8) is 0 Å². The van der Waals surface area contributed by atoms with Crippen molar-refractivity contribution in [2.24, 2.45) is 0 Å². The molecule has 0 amide bonds. The molecule has 1 aliphatic heterocycles. The molecular weight excluding hydrogens is 296 g/mol. The van der Waals surface area contributed by atoms with Gasteiger partial charge in [-0.3, -0.25) is 0 Å². The van der Waals surface area contributed by atoms with E-state index in [0.717, 1.165) is 28.5 Å². The lowest BCUT2D eigenvalue weighted by molar-refractivity contribution is 0.297. The number of fused-ring (bicyclic) bond motifs is 1. The van der Waals surface area contributed by atoms with E-state index < -0.39 is 0 Å². The maximum atomic E-state index is 6.30. The summed E-state index contributed by atoms with van der Waals surface area (Å²) in [5, 5.41) is 4.69. The first-order valence-electron chi connectivity index (χ1n) is 6.57. The first kappa shape index (κ1) is 13.5. The molecule has 0 spiro atoms. The first-order valence-corrected chi connectivity index (χ1v) is 7.76.